The molecule has 0 saturated heterocycles. The molecule has 1 unspecified atom stereocenters. The minimum absolute atomic E-state index is 0.181. The number of hydrogen-bond acceptors (Lipinski definition) is 2. The van der Waals surface area contributed by atoms with E-state index in [0.717, 1.165) is 42.5 Å². The average molecular weight is 439 g/mol. The van der Waals surface area contributed by atoms with E-state index in [1.807, 2.05) is 32.0 Å². The Morgan fingerprint density at radius 1 is 1.15 bits per heavy atom. The SMILES string of the molecule is CCCCCCC(=O)NC(NC(=S)Nc1cc(C)ccc1C)C(Cl)(Cl)Cl. The van der Waals surface area contributed by atoms with Crippen molar-refractivity contribution in [3.05, 3.63) is 29.3 Å². The standard InChI is InChI=1S/C18H26Cl3N3OS/c1-4-5-6-7-8-15(25)23-16(18(19,20)21)24-17(26)22-14-11-12(2)9-10-13(14)3/h9-11,16H,4-8H2,1-3H3,(H,23,25)(H2,22,24,26). The van der Waals surface area contributed by atoms with Gasteiger partial charge in [0.25, 0.3) is 0 Å². The summed E-state index contributed by atoms with van der Waals surface area (Å²) in [4.78, 5) is 12.1. The minimum Gasteiger partial charge on any atom is -0.339 e. The van der Waals surface area contributed by atoms with Crippen molar-refractivity contribution in [1.29, 1.82) is 0 Å². The third-order valence-corrected chi connectivity index (χ3v) is 4.68. The Morgan fingerprint density at radius 2 is 1.85 bits per heavy atom. The Kier molecular flexibility index (Phi) is 10.0. The number of benzene rings is 1. The van der Waals surface area contributed by atoms with Crippen LogP contribution in [-0.4, -0.2) is 21.0 Å². The molecule has 0 fully saturated rings. The summed E-state index contributed by atoms with van der Waals surface area (Å²) in [6, 6.07) is 5.98. The van der Waals surface area contributed by atoms with Crippen LogP contribution in [0.1, 0.15) is 50.2 Å². The predicted molar refractivity (Wildman–Crippen MR) is 116 cm³/mol. The Morgan fingerprint density at radius 3 is 2.46 bits per heavy atom. The molecule has 1 atom stereocenters. The molecule has 0 aliphatic carbocycles. The second kappa shape index (κ2) is 11.2. The van der Waals surface area contributed by atoms with Crippen LogP contribution >= 0.6 is 47.0 Å². The molecule has 4 nitrogen and oxygen atoms in total. The lowest BCUT2D eigenvalue weighted by molar-refractivity contribution is -0.122. The van der Waals surface area contributed by atoms with Gasteiger partial charge in [0, 0.05) is 12.1 Å². The minimum atomic E-state index is -1.74. The zero-order valence-corrected chi connectivity index (χ0v) is 18.4. The average Bonchev–Trinajstić information content (AvgIpc) is 2.53. The van der Waals surface area contributed by atoms with Crippen LogP contribution in [0.5, 0.6) is 0 Å². The second-order valence-corrected chi connectivity index (χ2v) is 9.05. The molecular formula is C18H26Cl3N3OS. The van der Waals surface area contributed by atoms with E-state index in [4.69, 9.17) is 47.0 Å². The molecule has 0 bridgehead atoms. The van der Waals surface area contributed by atoms with Crippen LogP contribution in [-0.2, 0) is 4.79 Å². The summed E-state index contributed by atoms with van der Waals surface area (Å²) in [5.41, 5.74) is 2.99. The first kappa shape index (κ1) is 23.3. The molecule has 1 aromatic rings. The molecule has 1 rings (SSSR count). The van der Waals surface area contributed by atoms with Crippen molar-refractivity contribution in [3.63, 3.8) is 0 Å². The number of hydrogen-bond donors (Lipinski definition) is 3. The van der Waals surface area contributed by atoms with Gasteiger partial charge in [0.1, 0.15) is 6.17 Å². The van der Waals surface area contributed by atoms with Gasteiger partial charge in [-0.25, -0.2) is 0 Å². The molecule has 0 heterocycles. The summed E-state index contributed by atoms with van der Waals surface area (Å²) in [7, 11) is 0. The van der Waals surface area contributed by atoms with Gasteiger partial charge < -0.3 is 16.0 Å². The molecule has 8 heteroatoms. The number of unbranched alkanes of at least 4 members (excludes halogenated alkanes) is 3. The van der Waals surface area contributed by atoms with Crippen LogP contribution in [0.25, 0.3) is 0 Å². The number of aryl methyl sites for hydroxylation is 2. The Labute approximate surface area is 176 Å². The van der Waals surface area contributed by atoms with Gasteiger partial charge in [0.15, 0.2) is 5.11 Å². The Hall–Kier alpha value is -0.750. The van der Waals surface area contributed by atoms with Crippen molar-refractivity contribution in [2.45, 2.75) is 62.8 Å². The topological polar surface area (TPSA) is 53.2 Å². The van der Waals surface area contributed by atoms with Crippen LogP contribution in [0.2, 0.25) is 0 Å². The maximum absolute atomic E-state index is 12.1. The molecule has 0 saturated carbocycles. The van der Waals surface area contributed by atoms with Crippen LogP contribution in [0.4, 0.5) is 5.69 Å². The first-order chi connectivity index (χ1) is 12.1. The molecule has 0 aromatic heterocycles. The predicted octanol–water partition coefficient (Wildman–Crippen LogP) is 5.37. The number of thiocarbonyl (C=S) groups is 1. The van der Waals surface area contributed by atoms with E-state index >= 15 is 0 Å². The van der Waals surface area contributed by atoms with Gasteiger partial charge in [-0.05, 0) is 49.7 Å². The van der Waals surface area contributed by atoms with Gasteiger partial charge in [0.05, 0.1) is 0 Å². The van der Waals surface area contributed by atoms with E-state index in [1.165, 1.54) is 0 Å². The van der Waals surface area contributed by atoms with E-state index in [2.05, 4.69) is 22.9 Å². The van der Waals surface area contributed by atoms with E-state index < -0.39 is 9.96 Å². The largest absolute Gasteiger partial charge is 0.339 e. The summed E-state index contributed by atoms with van der Waals surface area (Å²) < 4.78 is -1.74. The van der Waals surface area contributed by atoms with Gasteiger partial charge in [-0.15, -0.1) is 0 Å². The number of anilines is 1. The summed E-state index contributed by atoms with van der Waals surface area (Å²) in [5.74, 6) is -0.181. The van der Waals surface area contributed by atoms with Gasteiger partial charge in [-0.3, -0.25) is 4.79 Å². The first-order valence-electron chi connectivity index (χ1n) is 8.64. The second-order valence-electron chi connectivity index (χ2n) is 6.27. The van der Waals surface area contributed by atoms with Crippen molar-refractivity contribution >= 4 is 63.7 Å². The van der Waals surface area contributed by atoms with Crippen LogP contribution in [0.15, 0.2) is 18.2 Å². The summed E-state index contributed by atoms with van der Waals surface area (Å²) in [6.45, 7) is 6.08. The van der Waals surface area contributed by atoms with Gasteiger partial charge in [-0.2, -0.15) is 0 Å². The lowest BCUT2D eigenvalue weighted by Gasteiger charge is -2.28. The summed E-state index contributed by atoms with van der Waals surface area (Å²) in [6.07, 6.45) is 3.47. The molecule has 0 aliphatic rings. The Balaban J connectivity index is 2.65. The third kappa shape index (κ3) is 8.76. The summed E-state index contributed by atoms with van der Waals surface area (Å²) in [5, 5.41) is 8.93. The van der Waals surface area contributed by atoms with Gasteiger partial charge >= 0.3 is 0 Å². The normalized spacial score (nSPS) is 12.4. The lowest BCUT2D eigenvalue weighted by Crippen LogP contribution is -2.56. The van der Waals surface area contributed by atoms with E-state index in [0.29, 0.717) is 6.42 Å². The fraction of sp³-hybridized carbons (Fsp3) is 0.556. The fourth-order valence-corrected chi connectivity index (χ4v) is 2.86. The van der Waals surface area contributed by atoms with Crippen molar-refractivity contribution in [1.82, 2.24) is 10.6 Å². The molecular weight excluding hydrogens is 413 g/mol. The first-order valence-corrected chi connectivity index (χ1v) is 10.2. The maximum atomic E-state index is 12.1. The van der Waals surface area contributed by atoms with Crippen molar-refractivity contribution in [2.75, 3.05) is 5.32 Å². The number of amides is 1. The number of nitrogens with one attached hydrogen (secondary N) is 3. The van der Waals surface area contributed by atoms with Crippen molar-refractivity contribution in [3.8, 4) is 0 Å². The zero-order valence-electron chi connectivity index (χ0n) is 15.3. The van der Waals surface area contributed by atoms with Gasteiger partial charge in [-0.1, -0.05) is 73.1 Å². The smallest absolute Gasteiger partial charge is 0.228 e. The number of carbonyl (C=O) groups excluding carboxylic acids is 1. The number of carbonyl (C=O) groups is 1. The number of alkyl halides is 3. The van der Waals surface area contributed by atoms with Crippen LogP contribution in [0.3, 0.4) is 0 Å². The van der Waals surface area contributed by atoms with Crippen molar-refractivity contribution < 1.29 is 4.79 Å². The third-order valence-electron chi connectivity index (χ3n) is 3.81. The quantitative estimate of drug-likeness (QED) is 0.221. The monoisotopic (exact) mass is 437 g/mol. The number of halogens is 3. The molecule has 1 amide bonds. The highest BCUT2D eigenvalue weighted by atomic mass is 35.6. The highest BCUT2D eigenvalue weighted by molar-refractivity contribution is 7.80. The van der Waals surface area contributed by atoms with E-state index in [9.17, 15) is 4.79 Å². The van der Waals surface area contributed by atoms with E-state index in [1.54, 1.807) is 0 Å². The summed E-state index contributed by atoms with van der Waals surface area (Å²) >= 11 is 23.3. The maximum Gasteiger partial charge on any atom is 0.228 e. The van der Waals surface area contributed by atoms with E-state index in [-0.39, 0.29) is 11.0 Å². The molecule has 0 spiro atoms. The highest BCUT2D eigenvalue weighted by Crippen LogP contribution is 2.29. The van der Waals surface area contributed by atoms with Crippen molar-refractivity contribution in [2.24, 2.45) is 0 Å². The number of rotatable bonds is 8. The molecule has 3 N–H and O–H groups in total. The molecule has 0 aliphatic heterocycles. The Bertz CT molecular complexity index is 620. The highest BCUT2D eigenvalue weighted by Gasteiger charge is 2.34. The molecule has 26 heavy (non-hydrogen) atoms. The van der Waals surface area contributed by atoms with Crippen LogP contribution in [0, 0.1) is 13.8 Å². The van der Waals surface area contributed by atoms with Crippen LogP contribution < -0.4 is 16.0 Å². The van der Waals surface area contributed by atoms with Gasteiger partial charge in [0.2, 0.25) is 9.70 Å². The lowest BCUT2D eigenvalue weighted by atomic mass is 10.1. The molecule has 146 valence electrons. The molecule has 0 radical (unpaired) electrons. The molecule has 1 aromatic carbocycles. The zero-order chi connectivity index (χ0) is 19.7. The fourth-order valence-electron chi connectivity index (χ4n) is 2.31.